The van der Waals surface area contributed by atoms with Crippen molar-refractivity contribution in [2.24, 2.45) is 4.40 Å². The number of sulfonamides is 1. The number of carbonyl (C=O) groups excluding carboxylic acids is 1. The number of esters is 1. The van der Waals surface area contributed by atoms with Crippen LogP contribution in [0, 0.1) is 0 Å². The summed E-state index contributed by atoms with van der Waals surface area (Å²) in [6.45, 7) is 3.26. The molecule has 1 aromatic carbocycles. The monoisotopic (exact) mass is 460 g/mol. The molecule has 0 unspecified atom stereocenters. The number of fused-ring (bicyclic) bond motifs is 1. The number of hydrogen-bond donors (Lipinski definition) is 0. The third kappa shape index (κ3) is 4.47. The molecule has 150 valence electrons. The van der Waals surface area contributed by atoms with Crippen molar-refractivity contribution in [3.8, 4) is 0 Å². The molecule has 0 spiro atoms. The van der Waals surface area contributed by atoms with Gasteiger partial charge in [0.25, 0.3) is 10.0 Å². The van der Waals surface area contributed by atoms with Crippen molar-refractivity contribution in [1.82, 2.24) is 4.57 Å². The van der Waals surface area contributed by atoms with E-state index in [0.29, 0.717) is 34.5 Å². The van der Waals surface area contributed by atoms with Gasteiger partial charge in [0, 0.05) is 13.2 Å². The summed E-state index contributed by atoms with van der Waals surface area (Å²) >= 11 is 7.99. The van der Waals surface area contributed by atoms with Gasteiger partial charge in [-0.25, -0.2) is 4.79 Å². The summed E-state index contributed by atoms with van der Waals surface area (Å²) in [5, 5.41) is 0. The fraction of sp³-hybridized carbons (Fsp3) is 0.294. The number of nitrogens with zero attached hydrogens (tertiary/aromatic N) is 2. The highest BCUT2D eigenvalue weighted by atomic mass is 35.5. The molecule has 2 heterocycles. The topological polar surface area (TPSA) is 87.0 Å². The first-order valence-corrected chi connectivity index (χ1v) is 11.7. The quantitative estimate of drug-likeness (QED) is 0.397. The molecule has 11 heteroatoms. The van der Waals surface area contributed by atoms with Crippen LogP contribution < -0.4 is 4.80 Å². The van der Waals surface area contributed by atoms with Crippen molar-refractivity contribution < 1.29 is 22.7 Å². The SMILES string of the molecule is CCOCCn1/c(=N/S(=O)(=O)c2ccc(Cl)s2)sc2cc(C(=O)OC)ccc21. The minimum absolute atomic E-state index is 0.0709. The number of ether oxygens (including phenoxy) is 2. The predicted molar refractivity (Wildman–Crippen MR) is 110 cm³/mol. The number of carbonyl (C=O) groups is 1. The molecule has 0 aliphatic heterocycles. The van der Waals surface area contributed by atoms with Crippen LogP contribution in [0.2, 0.25) is 4.34 Å². The molecule has 2 aromatic heterocycles. The molecule has 3 rings (SSSR count). The Labute approximate surface area is 174 Å². The molecule has 0 N–H and O–H groups in total. The van der Waals surface area contributed by atoms with Crippen molar-refractivity contribution in [3.63, 3.8) is 0 Å². The van der Waals surface area contributed by atoms with Crippen molar-refractivity contribution >= 4 is 60.5 Å². The minimum Gasteiger partial charge on any atom is -0.465 e. The van der Waals surface area contributed by atoms with Gasteiger partial charge in [0.2, 0.25) is 4.80 Å². The van der Waals surface area contributed by atoms with Gasteiger partial charge in [-0.2, -0.15) is 8.42 Å². The number of hydrogen-bond acceptors (Lipinski definition) is 7. The van der Waals surface area contributed by atoms with E-state index in [2.05, 4.69) is 4.40 Å². The number of benzene rings is 1. The van der Waals surface area contributed by atoms with E-state index in [4.69, 9.17) is 21.1 Å². The highest BCUT2D eigenvalue weighted by Crippen LogP contribution is 2.27. The number of rotatable bonds is 7. The summed E-state index contributed by atoms with van der Waals surface area (Å²) in [7, 11) is -2.60. The molecular weight excluding hydrogens is 444 g/mol. The van der Waals surface area contributed by atoms with E-state index in [1.54, 1.807) is 22.8 Å². The highest BCUT2D eigenvalue weighted by molar-refractivity contribution is 7.92. The van der Waals surface area contributed by atoms with Crippen LogP contribution in [0.15, 0.2) is 38.9 Å². The fourth-order valence-corrected chi connectivity index (χ4v) is 6.25. The summed E-state index contributed by atoms with van der Waals surface area (Å²) in [6.07, 6.45) is 0. The second-order valence-electron chi connectivity index (χ2n) is 5.53. The molecule has 0 saturated heterocycles. The van der Waals surface area contributed by atoms with Gasteiger partial charge >= 0.3 is 5.97 Å². The van der Waals surface area contributed by atoms with E-state index < -0.39 is 16.0 Å². The van der Waals surface area contributed by atoms with Gasteiger partial charge in [0.15, 0.2) is 0 Å². The molecule has 0 aliphatic carbocycles. The fourth-order valence-electron chi connectivity index (χ4n) is 2.49. The van der Waals surface area contributed by atoms with Crippen molar-refractivity contribution in [1.29, 1.82) is 0 Å². The van der Waals surface area contributed by atoms with Gasteiger partial charge in [-0.05, 0) is 37.3 Å². The Morgan fingerprint density at radius 1 is 1.25 bits per heavy atom. The first-order valence-electron chi connectivity index (χ1n) is 8.21. The highest BCUT2D eigenvalue weighted by Gasteiger charge is 2.18. The van der Waals surface area contributed by atoms with Gasteiger partial charge in [0.05, 0.1) is 33.8 Å². The Morgan fingerprint density at radius 3 is 2.68 bits per heavy atom. The maximum Gasteiger partial charge on any atom is 0.337 e. The zero-order valence-corrected chi connectivity index (χ0v) is 18.3. The molecule has 0 atom stereocenters. The zero-order chi connectivity index (χ0) is 20.3. The van der Waals surface area contributed by atoms with Crippen molar-refractivity contribution in [2.45, 2.75) is 17.7 Å². The Morgan fingerprint density at radius 2 is 2.04 bits per heavy atom. The third-order valence-corrected chi connectivity index (χ3v) is 7.89. The third-order valence-electron chi connectivity index (χ3n) is 3.77. The lowest BCUT2D eigenvalue weighted by Gasteiger charge is -2.06. The molecule has 0 bridgehead atoms. The van der Waals surface area contributed by atoms with Gasteiger partial charge in [-0.1, -0.05) is 22.9 Å². The lowest BCUT2D eigenvalue weighted by molar-refractivity contribution is 0.0601. The molecule has 0 fully saturated rings. The van der Waals surface area contributed by atoms with Gasteiger partial charge in [0.1, 0.15) is 4.21 Å². The predicted octanol–water partition coefficient (Wildman–Crippen LogP) is 3.53. The number of halogens is 1. The number of aromatic nitrogens is 1. The maximum atomic E-state index is 12.7. The molecule has 0 amide bonds. The summed E-state index contributed by atoms with van der Waals surface area (Å²) < 4.78 is 42.4. The lowest BCUT2D eigenvalue weighted by Crippen LogP contribution is -2.19. The Bertz CT molecular complexity index is 1180. The lowest BCUT2D eigenvalue weighted by atomic mass is 10.2. The second kappa shape index (κ2) is 8.75. The Kier molecular flexibility index (Phi) is 6.56. The zero-order valence-electron chi connectivity index (χ0n) is 15.0. The second-order valence-corrected chi connectivity index (χ2v) is 10.1. The van der Waals surface area contributed by atoms with E-state index in [-0.39, 0.29) is 4.21 Å². The minimum atomic E-state index is -3.91. The van der Waals surface area contributed by atoms with Gasteiger partial charge < -0.3 is 14.0 Å². The van der Waals surface area contributed by atoms with Crippen LogP contribution in [0.4, 0.5) is 0 Å². The molecule has 3 aromatic rings. The normalized spacial score (nSPS) is 12.6. The van der Waals surface area contributed by atoms with Crippen LogP contribution in [0.5, 0.6) is 0 Å². The molecule has 28 heavy (non-hydrogen) atoms. The first kappa shape index (κ1) is 21.0. The summed E-state index contributed by atoms with van der Waals surface area (Å²) in [5.41, 5.74) is 1.14. The molecule has 7 nitrogen and oxygen atoms in total. The van der Waals surface area contributed by atoms with Crippen LogP contribution in [-0.4, -0.2) is 39.3 Å². The summed E-state index contributed by atoms with van der Waals surface area (Å²) in [5.74, 6) is -0.462. The molecule has 0 aliphatic rings. The number of thiazole rings is 1. The standard InChI is InChI=1S/C17H17ClN2O5S3/c1-3-25-9-8-20-12-5-4-11(16(21)24-2)10-13(12)26-17(20)19-28(22,23)15-7-6-14(18)27-15/h4-7,10H,3,8-9H2,1-2H3/b19-17-. The molecule has 0 saturated carbocycles. The van der Waals surface area contributed by atoms with Gasteiger partial charge in [-0.3, -0.25) is 0 Å². The molecular formula is C17H17ClN2O5S3. The maximum absolute atomic E-state index is 12.7. The van der Waals surface area contributed by atoms with E-state index >= 15 is 0 Å². The van der Waals surface area contributed by atoms with Crippen LogP contribution >= 0.6 is 34.3 Å². The average Bonchev–Trinajstić information content (AvgIpc) is 3.25. The number of thiophene rings is 1. The van der Waals surface area contributed by atoms with Crippen molar-refractivity contribution in [2.75, 3.05) is 20.3 Å². The van der Waals surface area contributed by atoms with Crippen LogP contribution in [0.1, 0.15) is 17.3 Å². The first-order chi connectivity index (χ1) is 13.4. The smallest absolute Gasteiger partial charge is 0.337 e. The van der Waals surface area contributed by atoms with E-state index in [0.717, 1.165) is 21.6 Å². The summed E-state index contributed by atoms with van der Waals surface area (Å²) in [6, 6.07) is 7.99. The molecule has 0 radical (unpaired) electrons. The van der Waals surface area contributed by atoms with Crippen LogP contribution in [0.25, 0.3) is 10.2 Å². The Hall–Kier alpha value is -1.72. The van der Waals surface area contributed by atoms with E-state index in [9.17, 15) is 13.2 Å². The van der Waals surface area contributed by atoms with Crippen molar-refractivity contribution in [3.05, 3.63) is 45.0 Å². The largest absolute Gasteiger partial charge is 0.465 e. The number of methoxy groups -OCH3 is 1. The van der Waals surface area contributed by atoms with Gasteiger partial charge in [-0.15, -0.1) is 15.7 Å². The van der Waals surface area contributed by atoms with Crippen LogP contribution in [0.3, 0.4) is 0 Å². The Balaban J connectivity index is 2.16. The van der Waals surface area contributed by atoms with E-state index in [1.807, 2.05) is 6.92 Å². The summed E-state index contributed by atoms with van der Waals surface area (Å²) in [4.78, 5) is 12.1. The van der Waals surface area contributed by atoms with E-state index in [1.165, 1.54) is 30.6 Å². The van der Waals surface area contributed by atoms with Crippen LogP contribution in [-0.2, 0) is 26.0 Å². The average molecular weight is 461 g/mol.